The number of benzene rings is 2. The normalized spacial score (nSPS) is 10.5. The zero-order chi connectivity index (χ0) is 18.0. The molecule has 25 heavy (non-hydrogen) atoms. The first kappa shape index (κ1) is 17.2. The van der Waals surface area contributed by atoms with Crippen molar-refractivity contribution >= 4 is 41.0 Å². The predicted octanol–water partition coefficient (Wildman–Crippen LogP) is 4.42. The Kier molecular flexibility index (Phi) is 4.87. The second-order valence-electron chi connectivity index (χ2n) is 5.44. The van der Waals surface area contributed by atoms with Gasteiger partial charge in [0.05, 0.1) is 12.8 Å². The minimum absolute atomic E-state index is 0.279. The molecule has 0 radical (unpaired) electrons. The lowest BCUT2D eigenvalue weighted by molar-refractivity contribution is 0.103. The number of hydrogen-bond acceptors (Lipinski definition) is 5. The van der Waals surface area contributed by atoms with E-state index in [1.807, 2.05) is 55.5 Å². The second-order valence-corrected chi connectivity index (χ2v) is 7.08. The number of thiazole rings is 1. The summed E-state index contributed by atoms with van der Waals surface area (Å²) < 4.78 is 7.41. The van der Waals surface area contributed by atoms with Crippen molar-refractivity contribution in [1.29, 1.82) is 0 Å². The monoisotopic (exact) mass is 371 g/mol. The minimum atomic E-state index is -0.279. The van der Waals surface area contributed by atoms with Crippen molar-refractivity contribution in [3.8, 4) is 11.4 Å². The highest BCUT2D eigenvalue weighted by molar-refractivity contribution is 7.73. The molecule has 0 aliphatic heterocycles. The van der Waals surface area contributed by atoms with E-state index in [2.05, 4.69) is 5.32 Å². The smallest absolute Gasteiger partial charge is 0.269 e. The van der Waals surface area contributed by atoms with E-state index in [9.17, 15) is 4.79 Å². The van der Waals surface area contributed by atoms with Crippen LogP contribution in [-0.4, -0.2) is 17.6 Å². The van der Waals surface area contributed by atoms with Gasteiger partial charge in [-0.15, -0.1) is 0 Å². The molecule has 0 atom stereocenters. The number of amides is 1. The average Bonchev–Trinajstić information content (AvgIpc) is 2.91. The molecule has 0 saturated carbocycles. The molecule has 3 N–H and O–H groups in total. The van der Waals surface area contributed by atoms with Crippen molar-refractivity contribution in [1.82, 2.24) is 4.57 Å². The van der Waals surface area contributed by atoms with E-state index in [4.69, 9.17) is 22.7 Å². The van der Waals surface area contributed by atoms with Crippen LogP contribution in [0.5, 0.6) is 5.75 Å². The maximum Gasteiger partial charge on any atom is 0.269 e. The third-order valence-electron chi connectivity index (χ3n) is 3.67. The molecule has 7 heteroatoms. The summed E-state index contributed by atoms with van der Waals surface area (Å²) >= 11 is 6.58. The lowest BCUT2D eigenvalue weighted by atomic mass is 10.2. The summed E-state index contributed by atoms with van der Waals surface area (Å²) in [6.07, 6.45) is 0. The van der Waals surface area contributed by atoms with Crippen molar-refractivity contribution in [2.75, 3.05) is 18.2 Å². The largest absolute Gasteiger partial charge is 0.497 e. The number of ether oxygens (including phenoxy) is 1. The number of carbonyl (C=O) groups excluding carboxylic acids is 1. The van der Waals surface area contributed by atoms with E-state index in [1.54, 1.807) is 11.7 Å². The zero-order valence-electron chi connectivity index (χ0n) is 13.8. The Morgan fingerprint density at radius 1 is 1.24 bits per heavy atom. The topological polar surface area (TPSA) is 69.3 Å². The van der Waals surface area contributed by atoms with Gasteiger partial charge in [-0.2, -0.15) is 0 Å². The third kappa shape index (κ3) is 3.57. The van der Waals surface area contributed by atoms with Crippen LogP contribution in [0.15, 0.2) is 48.5 Å². The van der Waals surface area contributed by atoms with Crippen LogP contribution in [0, 0.1) is 10.9 Å². The predicted molar refractivity (Wildman–Crippen MR) is 105 cm³/mol. The van der Waals surface area contributed by atoms with E-state index in [-0.39, 0.29) is 5.91 Å². The van der Waals surface area contributed by atoms with Gasteiger partial charge in [0.1, 0.15) is 16.4 Å². The molecule has 3 aromatic rings. The number of carbonyl (C=O) groups is 1. The van der Waals surface area contributed by atoms with Gasteiger partial charge in [0.25, 0.3) is 5.91 Å². The van der Waals surface area contributed by atoms with Crippen molar-refractivity contribution < 1.29 is 9.53 Å². The number of nitrogens with zero attached hydrogens (tertiary/aromatic N) is 1. The molecular formula is C18H17N3O2S2. The first-order valence-corrected chi connectivity index (χ1v) is 8.76. The van der Waals surface area contributed by atoms with Gasteiger partial charge in [-0.1, -0.05) is 35.1 Å². The van der Waals surface area contributed by atoms with Crippen LogP contribution in [0.25, 0.3) is 5.69 Å². The summed E-state index contributed by atoms with van der Waals surface area (Å²) in [4.78, 5) is 13.0. The van der Waals surface area contributed by atoms with Gasteiger partial charge in [0.15, 0.2) is 3.95 Å². The molecule has 128 valence electrons. The molecular weight excluding hydrogens is 354 g/mol. The number of aryl methyl sites for hydroxylation is 1. The Labute approximate surface area is 154 Å². The minimum Gasteiger partial charge on any atom is -0.497 e. The first-order chi connectivity index (χ1) is 12.0. The number of nitrogens with two attached hydrogens (primary N) is 1. The summed E-state index contributed by atoms with van der Waals surface area (Å²) in [6.45, 7) is 1.99. The van der Waals surface area contributed by atoms with Crippen LogP contribution in [-0.2, 0) is 0 Å². The number of aromatic nitrogens is 1. The van der Waals surface area contributed by atoms with Crippen LogP contribution in [0.2, 0.25) is 0 Å². The van der Waals surface area contributed by atoms with E-state index < -0.39 is 0 Å². The molecule has 0 saturated heterocycles. The van der Waals surface area contributed by atoms with Crippen molar-refractivity contribution in [3.05, 3.63) is 62.9 Å². The molecule has 1 amide bonds. The zero-order valence-corrected chi connectivity index (χ0v) is 15.4. The highest BCUT2D eigenvalue weighted by Gasteiger charge is 2.18. The fourth-order valence-corrected chi connectivity index (χ4v) is 3.63. The molecule has 0 unspecified atom stereocenters. The maximum atomic E-state index is 12.6. The number of methoxy groups -OCH3 is 1. The Hall–Kier alpha value is -2.64. The van der Waals surface area contributed by atoms with Crippen molar-refractivity contribution in [3.63, 3.8) is 0 Å². The van der Waals surface area contributed by atoms with Crippen molar-refractivity contribution in [2.45, 2.75) is 6.92 Å². The molecule has 0 aliphatic rings. The molecule has 5 nitrogen and oxygen atoms in total. The molecule has 0 spiro atoms. The number of nitrogen functional groups attached to an aromatic ring is 1. The fraction of sp³-hybridized carbons (Fsp3) is 0.111. The molecule has 0 fully saturated rings. The van der Waals surface area contributed by atoms with Gasteiger partial charge < -0.3 is 15.8 Å². The lowest BCUT2D eigenvalue weighted by Crippen LogP contribution is -2.13. The van der Waals surface area contributed by atoms with Gasteiger partial charge >= 0.3 is 0 Å². The van der Waals surface area contributed by atoms with Crippen LogP contribution in [0.1, 0.15) is 15.2 Å². The molecule has 1 heterocycles. The standard InChI is InChI=1S/C18H17N3O2S2/c1-11-6-8-12(9-7-11)20-17(22)15-16(19)21(18(24)25-15)13-4-3-5-14(10-13)23-2/h3-10H,19H2,1-2H3,(H,20,22). The Morgan fingerprint density at radius 3 is 2.64 bits per heavy atom. The summed E-state index contributed by atoms with van der Waals surface area (Å²) in [6, 6.07) is 14.9. The molecule has 1 aromatic heterocycles. The fourth-order valence-electron chi connectivity index (χ4n) is 2.37. The van der Waals surface area contributed by atoms with E-state index >= 15 is 0 Å². The summed E-state index contributed by atoms with van der Waals surface area (Å²) in [7, 11) is 1.59. The summed E-state index contributed by atoms with van der Waals surface area (Å²) in [5, 5.41) is 2.85. The Morgan fingerprint density at radius 2 is 1.96 bits per heavy atom. The van der Waals surface area contributed by atoms with E-state index in [1.165, 1.54) is 11.3 Å². The molecule has 3 rings (SSSR count). The van der Waals surface area contributed by atoms with Crippen LogP contribution in [0.3, 0.4) is 0 Å². The van der Waals surface area contributed by atoms with E-state index in [0.717, 1.165) is 11.3 Å². The van der Waals surface area contributed by atoms with Gasteiger partial charge in [-0.25, -0.2) is 0 Å². The Balaban J connectivity index is 1.94. The molecule has 0 aliphatic carbocycles. The SMILES string of the molecule is COc1cccc(-n2c(N)c(C(=O)Nc3ccc(C)cc3)sc2=S)c1. The van der Waals surface area contributed by atoms with Gasteiger partial charge in [-0.05, 0) is 43.4 Å². The van der Waals surface area contributed by atoms with Crippen LogP contribution in [0.4, 0.5) is 11.5 Å². The lowest BCUT2D eigenvalue weighted by Gasteiger charge is -2.08. The molecule has 2 aromatic carbocycles. The second kappa shape index (κ2) is 7.08. The van der Waals surface area contributed by atoms with Crippen LogP contribution >= 0.6 is 23.6 Å². The number of hydrogen-bond donors (Lipinski definition) is 2. The van der Waals surface area contributed by atoms with E-state index in [0.29, 0.717) is 26.1 Å². The maximum absolute atomic E-state index is 12.6. The van der Waals surface area contributed by atoms with Gasteiger partial charge in [0, 0.05) is 11.8 Å². The molecule has 0 bridgehead atoms. The first-order valence-electron chi connectivity index (χ1n) is 7.53. The van der Waals surface area contributed by atoms with Crippen LogP contribution < -0.4 is 15.8 Å². The number of nitrogens with one attached hydrogen (secondary N) is 1. The summed E-state index contributed by atoms with van der Waals surface area (Å²) in [5.74, 6) is 0.725. The summed E-state index contributed by atoms with van der Waals surface area (Å²) in [5.41, 5.74) is 8.80. The van der Waals surface area contributed by atoms with Crippen molar-refractivity contribution in [2.24, 2.45) is 0 Å². The highest BCUT2D eigenvalue weighted by Crippen LogP contribution is 2.28. The van der Waals surface area contributed by atoms with Gasteiger partial charge in [-0.3, -0.25) is 9.36 Å². The number of rotatable bonds is 4. The third-order valence-corrected chi connectivity index (χ3v) is 5.06. The highest BCUT2D eigenvalue weighted by atomic mass is 32.1. The quantitative estimate of drug-likeness (QED) is 0.666. The number of anilines is 2. The van der Waals surface area contributed by atoms with Gasteiger partial charge in [0.2, 0.25) is 0 Å². The average molecular weight is 371 g/mol. The Bertz CT molecular complexity index is 975.